The van der Waals surface area contributed by atoms with Crippen molar-refractivity contribution >= 4 is 5.97 Å². The molecule has 0 unspecified atom stereocenters. The zero-order valence-corrected chi connectivity index (χ0v) is 21.0. The van der Waals surface area contributed by atoms with Gasteiger partial charge in [-0.1, -0.05) is 64.2 Å². The Morgan fingerprint density at radius 3 is 1.31 bits per heavy atom. The molecule has 0 aliphatic heterocycles. The fraction of sp³-hybridized carbons (Fsp3) is 0.962. The standard InChI is InChI=1S/C26H54NO2/c1-7-27(8-2,9-3)24-22-20-18-16-14-12-10-11-13-15-17-19-21-23-25(28)29-26(4,5)6/h7-24H2,1-6H3/q+1. The molecule has 0 amide bonds. The van der Waals surface area contributed by atoms with Crippen molar-refractivity contribution in [3.8, 4) is 0 Å². The Labute approximate surface area is 183 Å². The second-order valence-corrected chi connectivity index (χ2v) is 9.95. The van der Waals surface area contributed by atoms with E-state index in [-0.39, 0.29) is 11.6 Å². The Kier molecular flexibility index (Phi) is 16.8. The lowest BCUT2D eigenvalue weighted by Gasteiger charge is -2.35. The lowest BCUT2D eigenvalue weighted by atomic mass is 10.0. The molecule has 0 heterocycles. The maximum absolute atomic E-state index is 11.6. The highest BCUT2D eigenvalue weighted by Crippen LogP contribution is 2.15. The van der Waals surface area contributed by atoms with Crippen LogP contribution in [-0.2, 0) is 9.53 Å². The van der Waals surface area contributed by atoms with Crippen molar-refractivity contribution in [2.75, 3.05) is 26.2 Å². The molecule has 0 atom stereocenters. The molecule has 0 aromatic rings. The minimum absolute atomic E-state index is 0.0445. The fourth-order valence-corrected chi connectivity index (χ4v) is 4.20. The predicted octanol–water partition coefficient (Wildman–Crippen LogP) is 7.67. The molecule has 3 nitrogen and oxygen atoms in total. The Hall–Kier alpha value is -0.570. The van der Waals surface area contributed by atoms with Gasteiger partial charge in [0.05, 0.1) is 26.2 Å². The van der Waals surface area contributed by atoms with Crippen LogP contribution in [0.2, 0.25) is 0 Å². The van der Waals surface area contributed by atoms with Gasteiger partial charge in [-0.2, -0.15) is 0 Å². The summed E-state index contributed by atoms with van der Waals surface area (Å²) >= 11 is 0. The van der Waals surface area contributed by atoms with Crippen molar-refractivity contribution in [1.82, 2.24) is 0 Å². The van der Waals surface area contributed by atoms with Gasteiger partial charge < -0.3 is 9.22 Å². The van der Waals surface area contributed by atoms with E-state index in [0.717, 1.165) is 12.8 Å². The molecule has 0 aliphatic carbocycles. The number of ether oxygens (including phenoxy) is 1. The van der Waals surface area contributed by atoms with E-state index in [0.29, 0.717) is 6.42 Å². The molecule has 0 bridgehead atoms. The Morgan fingerprint density at radius 2 is 0.966 bits per heavy atom. The summed E-state index contributed by atoms with van der Waals surface area (Å²) in [6.45, 7) is 18.1. The maximum atomic E-state index is 11.6. The normalized spacial score (nSPS) is 12.3. The third-order valence-electron chi connectivity index (χ3n) is 6.45. The maximum Gasteiger partial charge on any atom is 0.306 e. The first-order valence-corrected chi connectivity index (χ1v) is 12.9. The number of esters is 1. The SMILES string of the molecule is CC[N+](CC)(CC)CCCCCCCCCCCCCCCC(=O)OC(C)(C)C. The molecule has 0 aliphatic rings. The zero-order valence-electron chi connectivity index (χ0n) is 21.0. The number of quaternary nitrogens is 1. The number of unbranched alkanes of at least 4 members (excludes halogenated alkanes) is 12. The second kappa shape index (κ2) is 17.1. The Balaban J connectivity index is 3.33. The molecule has 0 radical (unpaired) electrons. The number of rotatable bonds is 19. The lowest BCUT2D eigenvalue weighted by Crippen LogP contribution is -2.48. The molecular weight excluding hydrogens is 358 g/mol. The van der Waals surface area contributed by atoms with Crippen molar-refractivity contribution in [3.05, 3.63) is 0 Å². The predicted molar refractivity (Wildman–Crippen MR) is 127 cm³/mol. The van der Waals surface area contributed by atoms with Crippen LogP contribution in [0.4, 0.5) is 0 Å². The van der Waals surface area contributed by atoms with E-state index in [9.17, 15) is 4.79 Å². The highest BCUT2D eigenvalue weighted by molar-refractivity contribution is 5.69. The first kappa shape index (κ1) is 28.4. The molecular formula is C26H54NO2+. The van der Waals surface area contributed by atoms with Crippen LogP contribution < -0.4 is 0 Å². The summed E-state index contributed by atoms with van der Waals surface area (Å²) in [5.41, 5.74) is -0.346. The molecule has 0 N–H and O–H groups in total. The second-order valence-electron chi connectivity index (χ2n) is 9.95. The molecule has 29 heavy (non-hydrogen) atoms. The average Bonchev–Trinajstić information content (AvgIpc) is 2.67. The van der Waals surface area contributed by atoms with E-state index >= 15 is 0 Å². The monoisotopic (exact) mass is 412 g/mol. The van der Waals surface area contributed by atoms with Crippen molar-refractivity contribution in [2.24, 2.45) is 0 Å². The van der Waals surface area contributed by atoms with E-state index in [2.05, 4.69) is 20.8 Å². The van der Waals surface area contributed by atoms with E-state index < -0.39 is 0 Å². The van der Waals surface area contributed by atoms with Gasteiger partial charge in [-0.25, -0.2) is 0 Å². The summed E-state index contributed by atoms with van der Waals surface area (Å²) in [5.74, 6) is -0.0445. The minimum Gasteiger partial charge on any atom is -0.460 e. The molecule has 0 saturated heterocycles. The quantitative estimate of drug-likeness (QED) is 0.124. The summed E-state index contributed by atoms with van der Waals surface area (Å²) in [4.78, 5) is 11.6. The van der Waals surface area contributed by atoms with Gasteiger partial charge in [-0.15, -0.1) is 0 Å². The van der Waals surface area contributed by atoms with Gasteiger partial charge in [-0.05, 0) is 60.8 Å². The number of nitrogens with zero attached hydrogens (tertiary/aromatic N) is 1. The third kappa shape index (κ3) is 16.9. The van der Waals surface area contributed by atoms with E-state index in [4.69, 9.17) is 4.74 Å². The topological polar surface area (TPSA) is 26.3 Å². The molecule has 0 saturated carbocycles. The summed E-state index contributed by atoms with van der Waals surface area (Å²) in [6, 6.07) is 0. The third-order valence-corrected chi connectivity index (χ3v) is 6.45. The Bertz CT molecular complexity index is 374. The van der Waals surface area contributed by atoms with Crippen LogP contribution in [0, 0.1) is 0 Å². The number of hydrogen-bond acceptors (Lipinski definition) is 2. The molecule has 0 spiro atoms. The van der Waals surface area contributed by atoms with Crippen LogP contribution >= 0.6 is 0 Å². The van der Waals surface area contributed by atoms with Crippen molar-refractivity contribution < 1.29 is 14.0 Å². The van der Waals surface area contributed by atoms with Crippen LogP contribution in [0.15, 0.2) is 0 Å². The van der Waals surface area contributed by atoms with E-state index in [1.807, 2.05) is 20.8 Å². The van der Waals surface area contributed by atoms with Gasteiger partial charge in [-0.3, -0.25) is 4.79 Å². The van der Waals surface area contributed by atoms with Crippen molar-refractivity contribution in [2.45, 2.75) is 137 Å². The molecule has 0 aromatic carbocycles. The Morgan fingerprint density at radius 1 is 0.621 bits per heavy atom. The number of carbonyl (C=O) groups is 1. The van der Waals surface area contributed by atoms with Gasteiger partial charge in [0.15, 0.2) is 0 Å². The molecule has 174 valence electrons. The van der Waals surface area contributed by atoms with Crippen molar-refractivity contribution in [1.29, 1.82) is 0 Å². The van der Waals surface area contributed by atoms with Crippen molar-refractivity contribution in [3.63, 3.8) is 0 Å². The fourth-order valence-electron chi connectivity index (χ4n) is 4.20. The number of hydrogen-bond donors (Lipinski definition) is 0. The lowest BCUT2D eigenvalue weighted by molar-refractivity contribution is -0.923. The summed E-state index contributed by atoms with van der Waals surface area (Å²) in [7, 11) is 0. The summed E-state index contributed by atoms with van der Waals surface area (Å²) in [5, 5.41) is 0. The van der Waals surface area contributed by atoms with Gasteiger partial charge in [0.1, 0.15) is 5.60 Å². The average molecular weight is 413 g/mol. The smallest absolute Gasteiger partial charge is 0.306 e. The van der Waals surface area contributed by atoms with Gasteiger partial charge >= 0.3 is 5.97 Å². The summed E-state index contributed by atoms with van der Waals surface area (Å²) < 4.78 is 6.65. The molecule has 0 rings (SSSR count). The van der Waals surface area contributed by atoms with E-state index in [1.54, 1.807) is 0 Å². The molecule has 3 heteroatoms. The van der Waals surface area contributed by atoms with Gasteiger partial charge in [0.25, 0.3) is 0 Å². The first-order valence-electron chi connectivity index (χ1n) is 12.9. The summed E-state index contributed by atoms with van der Waals surface area (Å²) in [6.07, 6.45) is 18.0. The van der Waals surface area contributed by atoms with Crippen LogP contribution in [-0.4, -0.2) is 42.2 Å². The van der Waals surface area contributed by atoms with Gasteiger partial charge in [0, 0.05) is 6.42 Å². The first-order chi connectivity index (χ1) is 13.8. The zero-order chi connectivity index (χ0) is 22.0. The van der Waals surface area contributed by atoms with E-state index in [1.165, 1.54) is 101 Å². The van der Waals surface area contributed by atoms with Crippen LogP contribution in [0.25, 0.3) is 0 Å². The van der Waals surface area contributed by atoms with Crippen LogP contribution in [0.1, 0.15) is 131 Å². The highest BCUT2D eigenvalue weighted by Gasteiger charge is 2.19. The van der Waals surface area contributed by atoms with Crippen LogP contribution in [0.3, 0.4) is 0 Å². The largest absolute Gasteiger partial charge is 0.460 e. The highest BCUT2D eigenvalue weighted by atomic mass is 16.6. The molecule has 0 fully saturated rings. The minimum atomic E-state index is -0.346. The van der Waals surface area contributed by atoms with Gasteiger partial charge in [0.2, 0.25) is 0 Å². The number of carbonyl (C=O) groups excluding carboxylic acids is 1. The molecule has 0 aromatic heterocycles. The van der Waals surface area contributed by atoms with Crippen LogP contribution in [0.5, 0.6) is 0 Å².